The Bertz CT molecular complexity index is 178. The molecule has 0 N–H and O–H groups in total. The molecule has 1 aliphatic carbocycles. The molecule has 2 fully saturated rings. The van der Waals surface area contributed by atoms with Gasteiger partial charge in [-0.05, 0) is 18.8 Å². The summed E-state index contributed by atoms with van der Waals surface area (Å²) in [4.78, 5) is 10.9. The highest BCUT2D eigenvalue weighted by atomic mass is 16.6. The summed E-state index contributed by atoms with van der Waals surface area (Å²) < 4.78 is 9.89. The first-order valence-electron chi connectivity index (χ1n) is 4.03. The predicted octanol–water partition coefficient (Wildman–Crippen LogP) is 0.727. The molecule has 0 aromatic heterocycles. The molecule has 1 saturated carbocycles. The van der Waals surface area contributed by atoms with E-state index in [9.17, 15) is 4.79 Å². The Morgan fingerprint density at radius 2 is 2.45 bits per heavy atom. The monoisotopic (exact) mass is 156 g/mol. The average molecular weight is 156 g/mol. The van der Waals surface area contributed by atoms with E-state index in [-0.39, 0.29) is 5.97 Å². The third-order valence-corrected chi connectivity index (χ3v) is 2.56. The highest BCUT2D eigenvalue weighted by Gasteiger charge is 2.50. The summed E-state index contributed by atoms with van der Waals surface area (Å²) in [5.74, 6) is 0.332. The summed E-state index contributed by atoms with van der Waals surface area (Å²) in [6.07, 6.45) is 3.66. The average Bonchev–Trinajstić information content (AvgIpc) is 2.70. The first-order valence-corrected chi connectivity index (χ1v) is 4.03. The van der Waals surface area contributed by atoms with Gasteiger partial charge in [-0.3, -0.25) is 4.79 Å². The van der Waals surface area contributed by atoms with Crippen molar-refractivity contribution in [1.29, 1.82) is 0 Å². The fourth-order valence-corrected chi connectivity index (χ4v) is 1.86. The fourth-order valence-electron chi connectivity index (χ4n) is 1.86. The number of carbonyl (C=O) groups is 1. The lowest BCUT2D eigenvalue weighted by Crippen LogP contribution is -2.12. The molecule has 62 valence electrons. The Kier molecular flexibility index (Phi) is 1.60. The molecule has 0 spiro atoms. The molecule has 3 nitrogen and oxygen atoms in total. The van der Waals surface area contributed by atoms with Gasteiger partial charge in [0, 0.05) is 0 Å². The molecule has 0 amide bonds. The van der Waals surface area contributed by atoms with Crippen LogP contribution in [0.5, 0.6) is 0 Å². The quantitative estimate of drug-likeness (QED) is 0.437. The van der Waals surface area contributed by atoms with Crippen LogP contribution in [0, 0.1) is 5.92 Å². The molecule has 0 bridgehead atoms. The van der Waals surface area contributed by atoms with E-state index in [0.29, 0.717) is 24.5 Å². The molecule has 0 unspecified atom stereocenters. The molecule has 1 aliphatic heterocycles. The van der Waals surface area contributed by atoms with Crippen LogP contribution in [0.15, 0.2) is 0 Å². The number of fused-ring (bicyclic) bond motifs is 1. The Morgan fingerprint density at radius 1 is 1.64 bits per heavy atom. The number of ether oxygens (including phenoxy) is 2. The van der Waals surface area contributed by atoms with Crippen molar-refractivity contribution in [2.75, 3.05) is 7.11 Å². The summed E-state index contributed by atoms with van der Waals surface area (Å²) in [6.45, 7) is 0. The van der Waals surface area contributed by atoms with Gasteiger partial charge in [0.2, 0.25) is 0 Å². The van der Waals surface area contributed by atoms with Crippen molar-refractivity contribution in [2.24, 2.45) is 5.92 Å². The minimum atomic E-state index is -0.105. The number of rotatable bonds is 2. The van der Waals surface area contributed by atoms with Gasteiger partial charge in [0.1, 0.15) is 0 Å². The summed E-state index contributed by atoms with van der Waals surface area (Å²) >= 11 is 0. The number of hydrogen-bond acceptors (Lipinski definition) is 3. The molecule has 2 aliphatic rings. The lowest BCUT2D eigenvalue weighted by atomic mass is 10.0. The molecule has 0 aromatic carbocycles. The van der Waals surface area contributed by atoms with Crippen molar-refractivity contribution in [2.45, 2.75) is 31.5 Å². The molecule has 0 aromatic rings. The Labute approximate surface area is 65.7 Å². The van der Waals surface area contributed by atoms with Gasteiger partial charge in [-0.15, -0.1) is 0 Å². The van der Waals surface area contributed by atoms with Crippen molar-refractivity contribution in [3.63, 3.8) is 0 Å². The standard InChI is InChI=1S/C8H12O3/c1-10-7(9)4-5-2-3-6-8(5)11-6/h5-6,8H,2-4H2,1H3/t5-,6+,8-/m1/s1. The van der Waals surface area contributed by atoms with Crippen LogP contribution >= 0.6 is 0 Å². The first kappa shape index (κ1) is 7.10. The largest absolute Gasteiger partial charge is 0.469 e. The SMILES string of the molecule is COC(=O)C[C@H]1CC[C@@H]2O[C@H]12. The number of methoxy groups -OCH3 is 1. The van der Waals surface area contributed by atoms with Crippen molar-refractivity contribution in [1.82, 2.24) is 0 Å². The molecule has 1 saturated heterocycles. The minimum absolute atomic E-state index is 0.105. The van der Waals surface area contributed by atoms with E-state index in [1.165, 1.54) is 7.11 Å². The fraction of sp³-hybridized carbons (Fsp3) is 0.875. The second kappa shape index (κ2) is 2.48. The molecular formula is C8H12O3. The van der Waals surface area contributed by atoms with E-state index in [0.717, 1.165) is 12.8 Å². The zero-order valence-corrected chi connectivity index (χ0v) is 6.58. The lowest BCUT2D eigenvalue weighted by Gasteiger charge is -2.07. The van der Waals surface area contributed by atoms with E-state index < -0.39 is 0 Å². The molecule has 11 heavy (non-hydrogen) atoms. The zero-order valence-electron chi connectivity index (χ0n) is 6.58. The van der Waals surface area contributed by atoms with E-state index in [2.05, 4.69) is 4.74 Å². The molecular weight excluding hydrogens is 144 g/mol. The Hall–Kier alpha value is -0.570. The van der Waals surface area contributed by atoms with E-state index in [1.807, 2.05) is 0 Å². The van der Waals surface area contributed by atoms with Crippen LogP contribution in [0.4, 0.5) is 0 Å². The van der Waals surface area contributed by atoms with Crippen LogP contribution in [-0.4, -0.2) is 25.3 Å². The summed E-state index contributed by atoms with van der Waals surface area (Å²) in [5.41, 5.74) is 0. The number of esters is 1. The first-order chi connectivity index (χ1) is 5.31. The predicted molar refractivity (Wildman–Crippen MR) is 38.0 cm³/mol. The molecule has 3 heteroatoms. The topological polar surface area (TPSA) is 38.8 Å². The third kappa shape index (κ3) is 1.25. The highest BCUT2D eigenvalue weighted by molar-refractivity contribution is 5.69. The molecule has 3 atom stereocenters. The van der Waals surface area contributed by atoms with Crippen molar-refractivity contribution in [3.8, 4) is 0 Å². The maximum Gasteiger partial charge on any atom is 0.305 e. The summed E-state index contributed by atoms with van der Waals surface area (Å²) in [5, 5.41) is 0. The number of hydrogen-bond donors (Lipinski definition) is 0. The number of carbonyl (C=O) groups excluding carboxylic acids is 1. The van der Waals surface area contributed by atoms with Gasteiger partial charge in [0.25, 0.3) is 0 Å². The maximum atomic E-state index is 10.9. The summed E-state index contributed by atoms with van der Waals surface area (Å²) in [6, 6.07) is 0. The Balaban J connectivity index is 1.82. The maximum absolute atomic E-state index is 10.9. The van der Waals surface area contributed by atoms with E-state index >= 15 is 0 Å². The van der Waals surface area contributed by atoms with E-state index in [1.54, 1.807) is 0 Å². The number of epoxide rings is 1. The Morgan fingerprint density at radius 3 is 2.91 bits per heavy atom. The van der Waals surface area contributed by atoms with Crippen molar-refractivity contribution < 1.29 is 14.3 Å². The van der Waals surface area contributed by atoms with Crippen molar-refractivity contribution in [3.05, 3.63) is 0 Å². The lowest BCUT2D eigenvalue weighted by molar-refractivity contribution is -0.141. The van der Waals surface area contributed by atoms with Gasteiger partial charge in [0.05, 0.1) is 25.7 Å². The van der Waals surface area contributed by atoms with Crippen LogP contribution in [0.25, 0.3) is 0 Å². The second-order valence-electron chi connectivity index (χ2n) is 3.26. The van der Waals surface area contributed by atoms with Crippen LogP contribution in [0.1, 0.15) is 19.3 Å². The van der Waals surface area contributed by atoms with Crippen LogP contribution in [-0.2, 0) is 14.3 Å². The van der Waals surface area contributed by atoms with Gasteiger partial charge in [-0.1, -0.05) is 0 Å². The van der Waals surface area contributed by atoms with Gasteiger partial charge in [-0.2, -0.15) is 0 Å². The van der Waals surface area contributed by atoms with Crippen LogP contribution in [0.2, 0.25) is 0 Å². The summed E-state index contributed by atoms with van der Waals surface area (Å²) in [7, 11) is 1.43. The molecule has 0 radical (unpaired) electrons. The highest BCUT2D eigenvalue weighted by Crippen LogP contribution is 2.44. The zero-order chi connectivity index (χ0) is 7.84. The minimum Gasteiger partial charge on any atom is -0.469 e. The normalized spacial score (nSPS) is 39.9. The van der Waals surface area contributed by atoms with Crippen LogP contribution in [0.3, 0.4) is 0 Å². The second-order valence-corrected chi connectivity index (χ2v) is 3.26. The van der Waals surface area contributed by atoms with Crippen LogP contribution < -0.4 is 0 Å². The van der Waals surface area contributed by atoms with E-state index in [4.69, 9.17) is 4.74 Å². The van der Waals surface area contributed by atoms with Gasteiger partial charge in [0.15, 0.2) is 0 Å². The van der Waals surface area contributed by atoms with Gasteiger partial charge < -0.3 is 9.47 Å². The van der Waals surface area contributed by atoms with Crippen molar-refractivity contribution >= 4 is 5.97 Å². The molecule has 1 heterocycles. The molecule has 2 rings (SSSR count). The smallest absolute Gasteiger partial charge is 0.305 e. The van der Waals surface area contributed by atoms with Gasteiger partial charge >= 0.3 is 5.97 Å². The van der Waals surface area contributed by atoms with Gasteiger partial charge in [-0.25, -0.2) is 0 Å². The third-order valence-electron chi connectivity index (χ3n) is 2.56.